The van der Waals surface area contributed by atoms with Crippen LogP contribution in [0.15, 0.2) is 62.9 Å². The van der Waals surface area contributed by atoms with E-state index in [0.717, 1.165) is 71.3 Å². The lowest BCUT2D eigenvalue weighted by Gasteiger charge is -2.04. The van der Waals surface area contributed by atoms with E-state index in [2.05, 4.69) is 63.1 Å². The molecule has 0 unspecified atom stereocenters. The van der Waals surface area contributed by atoms with Crippen molar-refractivity contribution < 1.29 is 4.42 Å². The largest absolute Gasteiger partial charge is 0.456 e. The van der Waals surface area contributed by atoms with Crippen molar-refractivity contribution in [1.29, 1.82) is 0 Å². The summed E-state index contributed by atoms with van der Waals surface area (Å²) in [6, 6.07) is 16.6. The molecule has 0 spiro atoms. The summed E-state index contributed by atoms with van der Waals surface area (Å²) in [5.41, 5.74) is 4.11. The Balaban J connectivity index is 1.53. The van der Waals surface area contributed by atoms with Crippen molar-refractivity contribution in [3.05, 3.63) is 59.7 Å². The third kappa shape index (κ3) is 2.58. The summed E-state index contributed by atoms with van der Waals surface area (Å²) >= 11 is 0. The molecule has 0 saturated carbocycles. The van der Waals surface area contributed by atoms with Crippen molar-refractivity contribution >= 4 is 22.6 Å². The predicted molar refractivity (Wildman–Crippen MR) is 100 cm³/mol. The maximum absolute atomic E-state index is 6.13. The third-order valence-corrected chi connectivity index (χ3v) is 4.56. The number of hydrogen-bond acceptors (Lipinski definition) is 5. The van der Waals surface area contributed by atoms with Crippen LogP contribution in [0, 0.1) is 0 Å². The van der Waals surface area contributed by atoms with E-state index in [1.807, 2.05) is 6.07 Å². The maximum atomic E-state index is 6.13. The number of fused-ring (bicyclic) bond motifs is 1. The zero-order chi connectivity index (χ0) is 16.6. The zero-order valence-corrected chi connectivity index (χ0v) is 13.7. The molecule has 0 amide bonds. The summed E-state index contributed by atoms with van der Waals surface area (Å²) in [6.07, 6.45) is 0. The number of benzene rings is 2. The van der Waals surface area contributed by atoms with Crippen molar-refractivity contribution in [2.24, 2.45) is 9.98 Å². The van der Waals surface area contributed by atoms with Crippen molar-refractivity contribution in [3.8, 4) is 11.3 Å². The highest BCUT2D eigenvalue weighted by molar-refractivity contribution is 6.03. The minimum Gasteiger partial charge on any atom is -0.456 e. The molecule has 2 N–H and O–H groups in total. The van der Waals surface area contributed by atoms with E-state index in [1.165, 1.54) is 0 Å². The highest BCUT2D eigenvalue weighted by atomic mass is 16.3. The van der Waals surface area contributed by atoms with Gasteiger partial charge >= 0.3 is 0 Å². The van der Waals surface area contributed by atoms with Gasteiger partial charge < -0.3 is 15.1 Å². The number of hydrogen-bond donors (Lipinski definition) is 2. The van der Waals surface area contributed by atoms with Gasteiger partial charge in [0.25, 0.3) is 0 Å². The molecule has 3 aromatic rings. The monoisotopic (exact) mass is 330 g/mol. The van der Waals surface area contributed by atoms with Gasteiger partial charge in [-0.1, -0.05) is 30.3 Å². The van der Waals surface area contributed by atoms with Gasteiger partial charge in [-0.15, -0.1) is 0 Å². The lowest BCUT2D eigenvalue weighted by molar-refractivity contribution is 0.631. The highest BCUT2D eigenvalue weighted by Crippen LogP contribution is 2.29. The Hall–Kier alpha value is -3.08. The maximum Gasteiger partial charge on any atom is 0.135 e. The van der Waals surface area contributed by atoms with Crippen LogP contribution in [0.3, 0.4) is 0 Å². The van der Waals surface area contributed by atoms with E-state index < -0.39 is 0 Å². The summed E-state index contributed by atoms with van der Waals surface area (Å²) < 4.78 is 6.13. The summed E-state index contributed by atoms with van der Waals surface area (Å²) in [5.74, 6) is 2.78. The van der Waals surface area contributed by atoms with Crippen LogP contribution in [-0.4, -0.2) is 37.9 Å². The quantitative estimate of drug-likeness (QED) is 0.776. The van der Waals surface area contributed by atoms with Crippen LogP contribution in [-0.2, 0) is 0 Å². The zero-order valence-electron chi connectivity index (χ0n) is 13.7. The fourth-order valence-electron chi connectivity index (χ4n) is 3.32. The first-order chi connectivity index (χ1) is 12.4. The number of nitrogens with zero attached hydrogens (tertiary/aromatic N) is 2. The summed E-state index contributed by atoms with van der Waals surface area (Å²) in [7, 11) is 0. The molecule has 0 fully saturated rings. The Labute approximate surface area is 145 Å². The molecule has 5 nitrogen and oxygen atoms in total. The van der Waals surface area contributed by atoms with E-state index in [1.54, 1.807) is 0 Å². The van der Waals surface area contributed by atoms with E-state index in [9.17, 15) is 0 Å². The first-order valence-electron chi connectivity index (χ1n) is 8.58. The van der Waals surface area contributed by atoms with Gasteiger partial charge in [0, 0.05) is 35.2 Å². The van der Waals surface area contributed by atoms with Gasteiger partial charge in [0.1, 0.15) is 23.0 Å². The fraction of sp³-hybridized carbons (Fsp3) is 0.200. The second-order valence-corrected chi connectivity index (χ2v) is 6.26. The van der Waals surface area contributed by atoms with Crippen LogP contribution in [0.2, 0.25) is 0 Å². The molecule has 25 heavy (non-hydrogen) atoms. The molecule has 0 aliphatic carbocycles. The minimum atomic E-state index is 0.835. The molecule has 2 aliphatic rings. The Morgan fingerprint density at radius 1 is 0.760 bits per heavy atom. The van der Waals surface area contributed by atoms with Gasteiger partial charge in [0.15, 0.2) is 0 Å². The number of nitrogens with one attached hydrogen (secondary N) is 2. The van der Waals surface area contributed by atoms with Crippen molar-refractivity contribution in [1.82, 2.24) is 10.6 Å². The second kappa shape index (κ2) is 5.77. The molecule has 124 valence electrons. The van der Waals surface area contributed by atoms with Crippen molar-refractivity contribution in [3.63, 3.8) is 0 Å². The average molecular weight is 330 g/mol. The highest BCUT2D eigenvalue weighted by Gasteiger charge is 2.13. The van der Waals surface area contributed by atoms with Crippen LogP contribution < -0.4 is 10.6 Å². The minimum absolute atomic E-state index is 0.835. The third-order valence-electron chi connectivity index (χ3n) is 4.56. The number of furan rings is 1. The molecular formula is C20H18N4O. The SMILES string of the molecule is c1cc(C2=NCCN2)cc(-c2cc3ccc(C4=NCCN4)cc3o2)c1. The van der Waals surface area contributed by atoms with E-state index in [0.29, 0.717) is 0 Å². The Kier molecular flexibility index (Phi) is 3.30. The van der Waals surface area contributed by atoms with Gasteiger partial charge in [0.05, 0.1) is 13.1 Å². The van der Waals surface area contributed by atoms with E-state index in [4.69, 9.17) is 4.42 Å². The van der Waals surface area contributed by atoms with Crippen LogP contribution in [0.5, 0.6) is 0 Å². The van der Waals surface area contributed by atoms with E-state index >= 15 is 0 Å². The number of aliphatic imine (C=N–C) groups is 2. The second-order valence-electron chi connectivity index (χ2n) is 6.26. The van der Waals surface area contributed by atoms with Crippen LogP contribution in [0.25, 0.3) is 22.3 Å². The molecule has 5 heteroatoms. The van der Waals surface area contributed by atoms with Crippen LogP contribution in [0.1, 0.15) is 11.1 Å². The molecule has 3 heterocycles. The normalized spacial score (nSPS) is 16.5. The Morgan fingerprint density at radius 3 is 2.20 bits per heavy atom. The van der Waals surface area contributed by atoms with Gasteiger partial charge in [0.2, 0.25) is 0 Å². The number of amidine groups is 2. The van der Waals surface area contributed by atoms with E-state index in [-0.39, 0.29) is 0 Å². The predicted octanol–water partition coefficient (Wildman–Crippen LogP) is 2.80. The summed E-state index contributed by atoms with van der Waals surface area (Å²) in [4.78, 5) is 8.97. The molecule has 0 saturated heterocycles. The molecule has 0 bridgehead atoms. The smallest absolute Gasteiger partial charge is 0.135 e. The van der Waals surface area contributed by atoms with Gasteiger partial charge in [-0.05, 0) is 18.2 Å². The molecule has 0 atom stereocenters. The summed E-state index contributed by atoms with van der Waals surface area (Å²) in [5, 5.41) is 7.72. The molecule has 5 rings (SSSR count). The standard InChI is InChI=1S/C20H18N4O/c1-2-13(10-15(3-1)19-21-6-7-22-19)17-11-14-4-5-16(12-18(14)25-17)20-23-8-9-24-20/h1-5,10-12H,6-9H2,(H,21,22)(H,23,24). The van der Waals surface area contributed by atoms with Crippen molar-refractivity contribution in [2.45, 2.75) is 0 Å². The first-order valence-corrected chi connectivity index (χ1v) is 8.58. The fourth-order valence-corrected chi connectivity index (χ4v) is 3.32. The molecule has 0 radical (unpaired) electrons. The Morgan fingerprint density at radius 2 is 1.48 bits per heavy atom. The lowest BCUT2D eigenvalue weighted by Crippen LogP contribution is -2.19. The van der Waals surface area contributed by atoms with Gasteiger partial charge in [-0.3, -0.25) is 9.98 Å². The average Bonchev–Trinajstić information content (AvgIpc) is 3.42. The molecule has 1 aromatic heterocycles. The first kappa shape index (κ1) is 14.3. The van der Waals surface area contributed by atoms with Crippen molar-refractivity contribution in [2.75, 3.05) is 26.2 Å². The Bertz CT molecular complexity index is 1020. The molecule has 2 aromatic carbocycles. The summed E-state index contributed by atoms with van der Waals surface area (Å²) in [6.45, 7) is 3.48. The molecular weight excluding hydrogens is 312 g/mol. The lowest BCUT2D eigenvalue weighted by atomic mass is 10.1. The van der Waals surface area contributed by atoms with Gasteiger partial charge in [-0.2, -0.15) is 0 Å². The van der Waals surface area contributed by atoms with Crippen LogP contribution >= 0.6 is 0 Å². The van der Waals surface area contributed by atoms with Crippen LogP contribution in [0.4, 0.5) is 0 Å². The topological polar surface area (TPSA) is 61.9 Å². The van der Waals surface area contributed by atoms with Gasteiger partial charge in [-0.25, -0.2) is 0 Å². The number of rotatable bonds is 3. The molecule has 2 aliphatic heterocycles.